The average molecular weight is 211 g/mol. The first kappa shape index (κ1) is 10.6. The molecule has 1 aromatic rings. The number of benzene rings is 1. The van der Waals surface area contributed by atoms with Crippen LogP contribution in [-0.4, -0.2) is 6.54 Å². The van der Waals surface area contributed by atoms with Crippen LogP contribution in [0.4, 0.5) is 8.78 Å². The van der Waals surface area contributed by atoms with Crippen molar-refractivity contribution in [2.24, 2.45) is 5.92 Å². The molecule has 0 saturated heterocycles. The van der Waals surface area contributed by atoms with E-state index in [1.807, 2.05) is 6.92 Å². The summed E-state index contributed by atoms with van der Waals surface area (Å²) in [6, 6.07) is 3.65. The summed E-state index contributed by atoms with van der Waals surface area (Å²) in [6.07, 6.45) is 2.21. The van der Waals surface area contributed by atoms with Gasteiger partial charge in [-0.2, -0.15) is 0 Å². The maximum atomic E-state index is 13.5. The van der Waals surface area contributed by atoms with Gasteiger partial charge in [-0.15, -0.1) is 0 Å². The van der Waals surface area contributed by atoms with Crippen molar-refractivity contribution in [3.05, 3.63) is 35.4 Å². The number of hydrogen-bond donors (Lipinski definition) is 1. The third kappa shape index (κ3) is 2.34. The second-order valence-electron chi connectivity index (χ2n) is 4.04. The van der Waals surface area contributed by atoms with Crippen LogP contribution in [0, 0.1) is 17.6 Å². The first-order valence-electron chi connectivity index (χ1n) is 5.40. The second kappa shape index (κ2) is 4.27. The summed E-state index contributed by atoms with van der Waals surface area (Å²) in [5, 5.41) is 3.22. The molecule has 1 aliphatic rings. The summed E-state index contributed by atoms with van der Waals surface area (Å²) in [6.45, 7) is 2.75. The second-order valence-corrected chi connectivity index (χ2v) is 4.04. The molecule has 0 aliphatic heterocycles. The molecule has 0 aromatic heterocycles. The quantitative estimate of drug-likeness (QED) is 0.807. The highest BCUT2D eigenvalue weighted by atomic mass is 19.1. The predicted molar refractivity (Wildman–Crippen MR) is 55.5 cm³/mol. The van der Waals surface area contributed by atoms with Crippen molar-refractivity contribution >= 4 is 0 Å². The fraction of sp³-hybridized carbons (Fsp3) is 0.500. The Morgan fingerprint density at radius 3 is 2.73 bits per heavy atom. The minimum absolute atomic E-state index is 0.0225. The highest BCUT2D eigenvalue weighted by Gasteiger charge is 2.33. The molecule has 1 aliphatic carbocycles. The van der Waals surface area contributed by atoms with Gasteiger partial charge in [0.05, 0.1) is 0 Å². The minimum atomic E-state index is -0.366. The topological polar surface area (TPSA) is 12.0 Å². The van der Waals surface area contributed by atoms with E-state index in [1.165, 1.54) is 12.1 Å². The van der Waals surface area contributed by atoms with E-state index in [4.69, 9.17) is 0 Å². The number of halogens is 2. The lowest BCUT2D eigenvalue weighted by Gasteiger charge is -2.18. The molecule has 3 heteroatoms. The number of rotatable bonds is 4. The highest BCUT2D eigenvalue weighted by Crippen LogP contribution is 2.41. The molecule has 1 aromatic carbocycles. The fourth-order valence-electron chi connectivity index (χ4n) is 1.93. The molecule has 1 saturated carbocycles. The molecule has 1 N–H and O–H groups in total. The zero-order chi connectivity index (χ0) is 10.8. The molecule has 0 spiro atoms. The van der Waals surface area contributed by atoms with Gasteiger partial charge in [-0.25, -0.2) is 8.78 Å². The summed E-state index contributed by atoms with van der Waals surface area (Å²) in [5.74, 6) is -0.203. The maximum absolute atomic E-state index is 13.5. The van der Waals surface area contributed by atoms with Crippen LogP contribution >= 0.6 is 0 Å². The molecule has 0 radical (unpaired) electrons. The summed E-state index contributed by atoms with van der Waals surface area (Å²) in [4.78, 5) is 0. The Bertz CT molecular complexity index is 347. The Morgan fingerprint density at radius 1 is 1.40 bits per heavy atom. The van der Waals surface area contributed by atoms with E-state index in [0.29, 0.717) is 11.5 Å². The molecule has 0 amide bonds. The van der Waals surface area contributed by atoms with Crippen LogP contribution in [0.2, 0.25) is 0 Å². The van der Waals surface area contributed by atoms with Crippen LogP contribution in [0.5, 0.6) is 0 Å². The van der Waals surface area contributed by atoms with Crippen molar-refractivity contribution in [2.75, 3.05) is 6.54 Å². The van der Waals surface area contributed by atoms with Crippen molar-refractivity contribution in [2.45, 2.75) is 25.8 Å². The van der Waals surface area contributed by atoms with Gasteiger partial charge in [0.1, 0.15) is 11.6 Å². The van der Waals surface area contributed by atoms with Gasteiger partial charge in [-0.1, -0.05) is 6.92 Å². The van der Waals surface area contributed by atoms with E-state index in [1.54, 1.807) is 0 Å². The van der Waals surface area contributed by atoms with E-state index in [9.17, 15) is 8.78 Å². The Hall–Kier alpha value is -0.960. The molecule has 1 fully saturated rings. The molecule has 2 rings (SSSR count). The normalized spacial score (nSPS) is 17.8. The van der Waals surface area contributed by atoms with Crippen molar-refractivity contribution < 1.29 is 8.78 Å². The van der Waals surface area contributed by atoms with Crippen LogP contribution in [0.25, 0.3) is 0 Å². The van der Waals surface area contributed by atoms with Crippen molar-refractivity contribution in [1.29, 1.82) is 0 Å². The predicted octanol–water partition coefficient (Wildman–Crippen LogP) is 3.03. The SMILES string of the molecule is CCNC(c1cc(F)ccc1F)C1CC1. The Labute approximate surface area is 88.5 Å². The zero-order valence-electron chi connectivity index (χ0n) is 8.76. The molecule has 0 bridgehead atoms. The standard InChI is InChI=1S/C12H15F2N/c1-2-15-12(8-3-4-8)10-7-9(13)5-6-11(10)14/h5-8,12,15H,2-4H2,1H3. The van der Waals surface area contributed by atoms with Crippen LogP contribution < -0.4 is 5.32 Å². The lowest BCUT2D eigenvalue weighted by molar-refractivity contribution is 0.464. The Balaban J connectivity index is 2.27. The van der Waals surface area contributed by atoms with Gasteiger partial charge < -0.3 is 5.32 Å². The monoisotopic (exact) mass is 211 g/mol. The van der Waals surface area contributed by atoms with Crippen molar-refractivity contribution in [3.8, 4) is 0 Å². The molecular weight excluding hydrogens is 196 g/mol. The van der Waals surface area contributed by atoms with Gasteiger partial charge >= 0.3 is 0 Å². The fourth-order valence-corrected chi connectivity index (χ4v) is 1.93. The summed E-state index contributed by atoms with van der Waals surface area (Å²) in [7, 11) is 0. The van der Waals surface area contributed by atoms with Gasteiger partial charge in [0.15, 0.2) is 0 Å². The van der Waals surface area contributed by atoms with Gasteiger partial charge in [-0.05, 0) is 43.5 Å². The lowest BCUT2D eigenvalue weighted by Crippen LogP contribution is -2.23. The summed E-state index contributed by atoms with van der Waals surface area (Å²) >= 11 is 0. The van der Waals surface area contributed by atoms with Gasteiger partial charge in [0, 0.05) is 11.6 Å². The number of hydrogen-bond acceptors (Lipinski definition) is 1. The molecule has 82 valence electrons. The minimum Gasteiger partial charge on any atom is -0.310 e. The zero-order valence-corrected chi connectivity index (χ0v) is 8.76. The van der Waals surface area contributed by atoms with E-state index in [-0.39, 0.29) is 17.7 Å². The number of nitrogens with one attached hydrogen (secondary N) is 1. The van der Waals surface area contributed by atoms with Crippen LogP contribution in [0.1, 0.15) is 31.4 Å². The molecule has 1 nitrogen and oxygen atoms in total. The third-order valence-corrected chi connectivity index (χ3v) is 2.81. The summed E-state index contributed by atoms with van der Waals surface area (Å²) < 4.78 is 26.6. The average Bonchev–Trinajstić information content (AvgIpc) is 3.02. The van der Waals surface area contributed by atoms with Gasteiger partial charge in [0.2, 0.25) is 0 Å². The van der Waals surface area contributed by atoms with E-state index in [0.717, 1.165) is 25.5 Å². The smallest absolute Gasteiger partial charge is 0.128 e. The van der Waals surface area contributed by atoms with Crippen LogP contribution in [0.3, 0.4) is 0 Å². The largest absolute Gasteiger partial charge is 0.310 e. The maximum Gasteiger partial charge on any atom is 0.128 e. The van der Waals surface area contributed by atoms with Crippen LogP contribution in [0.15, 0.2) is 18.2 Å². The molecule has 1 unspecified atom stereocenters. The van der Waals surface area contributed by atoms with E-state index in [2.05, 4.69) is 5.32 Å². The lowest BCUT2D eigenvalue weighted by atomic mass is 10.0. The van der Waals surface area contributed by atoms with E-state index >= 15 is 0 Å². The first-order chi connectivity index (χ1) is 7.22. The van der Waals surface area contributed by atoms with Crippen molar-refractivity contribution in [1.82, 2.24) is 5.32 Å². The molecule has 0 heterocycles. The first-order valence-corrected chi connectivity index (χ1v) is 5.40. The van der Waals surface area contributed by atoms with E-state index < -0.39 is 0 Å². The third-order valence-electron chi connectivity index (χ3n) is 2.81. The molecular formula is C12H15F2N. The Morgan fingerprint density at radius 2 is 2.13 bits per heavy atom. The van der Waals surface area contributed by atoms with Gasteiger partial charge in [0.25, 0.3) is 0 Å². The molecule has 15 heavy (non-hydrogen) atoms. The molecule has 1 atom stereocenters. The van der Waals surface area contributed by atoms with Crippen molar-refractivity contribution in [3.63, 3.8) is 0 Å². The summed E-state index contributed by atoms with van der Waals surface area (Å²) in [5.41, 5.74) is 0.472. The van der Waals surface area contributed by atoms with Crippen LogP contribution in [-0.2, 0) is 0 Å². The van der Waals surface area contributed by atoms with Gasteiger partial charge in [-0.3, -0.25) is 0 Å². The highest BCUT2D eigenvalue weighted by molar-refractivity contribution is 5.24. The Kier molecular flexibility index (Phi) is 3.00.